The van der Waals surface area contributed by atoms with Crippen molar-refractivity contribution in [3.05, 3.63) is 35.1 Å². The molecule has 1 aromatic carbocycles. The lowest BCUT2D eigenvalue weighted by Crippen LogP contribution is -2.53. The Balaban J connectivity index is 1.44. The Bertz CT molecular complexity index is 934. The van der Waals surface area contributed by atoms with Crippen molar-refractivity contribution in [1.82, 2.24) is 10.2 Å². The molecule has 6 heteroatoms. The first-order valence-electron chi connectivity index (χ1n) is 13.2. The average Bonchev–Trinajstić information content (AvgIpc) is 3.67. The molecule has 5 nitrogen and oxygen atoms in total. The summed E-state index contributed by atoms with van der Waals surface area (Å²) in [6.07, 6.45) is 9.07. The van der Waals surface area contributed by atoms with Crippen molar-refractivity contribution < 1.29 is 18.8 Å². The molecule has 0 spiro atoms. The van der Waals surface area contributed by atoms with Gasteiger partial charge >= 0.3 is 0 Å². The van der Waals surface area contributed by atoms with Crippen molar-refractivity contribution in [3.8, 4) is 0 Å². The predicted octanol–water partition coefficient (Wildman–Crippen LogP) is 5.38. The molecule has 1 aliphatic heterocycles. The lowest BCUT2D eigenvalue weighted by Gasteiger charge is -2.46. The van der Waals surface area contributed by atoms with Gasteiger partial charge in [-0.2, -0.15) is 0 Å². The second kappa shape index (κ2) is 10.2. The van der Waals surface area contributed by atoms with Gasteiger partial charge in [-0.1, -0.05) is 32.3 Å². The van der Waals surface area contributed by atoms with Crippen LogP contribution in [0, 0.1) is 17.7 Å². The summed E-state index contributed by atoms with van der Waals surface area (Å²) in [5.74, 6) is -0.298. The first-order chi connectivity index (χ1) is 16.2. The minimum atomic E-state index is -0.546. The molecule has 186 valence electrons. The summed E-state index contributed by atoms with van der Waals surface area (Å²) < 4.78 is 15.1. The van der Waals surface area contributed by atoms with Gasteiger partial charge in [-0.3, -0.25) is 14.4 Å². The number of nitrogens with one attached hydrogen (secondary N) is 1. The molecule has 4 rings (SSSR count). The van der Waals surface area contributed by atoms with Crippen LogP contribution in [-0.2, 0) is 9.59 Å². The Morgan fingerprint density at radius 3 is 2.38 bits per heavy atom. The number of benzene rings is 1. The van der Waals surface area contributed by atoms with Crippen LogP contribution in [0.25, 0.3) is 0 Å². The van der Waals surface area contributed by atoms with Gasteiger partial charge in [-0.25, -0.2) is 4.39 Å². The second-order valence-electron chi connectivity index (χ2n) is 11.2. The van der Waals surface area contributed by atoms with Crippen molar-refractivity contribution in [2.75, 3.05) is 6.54 Å². The zero-order valence-electron chi connectivity index (χ0n) is 20.9. The number of hydrogen-bond donors (Lipinski definition) is 1. The van der Waals surface area contributed by atoms with E-state index in [9.17, 15) is 14.4 Å². The van der Waals surface area contributed by atoms with Crippen LogP contribution in [0.1, 0.15) is 107 Å². The van der Waals surface area contributed by atoms with E-state index < -0.39 is 17.8 Å². The zero-order chi connectivity index (χ0) is 24.5. The molecule has 2 unspecified atom stereocenters. The highest BCUT2D eigenvalue weighted by Crippen LogP contribution is 2.41. The van der Waals surface area contributed by atoms with Gasteiger partial charge in [0.1, 0.15) is 5.82 Å². The molecule has 2 atom stereocenters. The summed E-state index contributed by atoms with van der Waals surface area (Å²) in [6, 6.07) is 4.34. The minimum Gasteiger partial charge on any atom is -0.342 e. The van der Waals surface area contributed by atoms with E-state index in [1.807, 2.05) is 17.9 Å². The molecule has 3 aliphatic rings. The van der Waals surface area contributed by atoms with Crippen LogP contribution in [-0.4, -0.2) is 40.6 Å². The summed E-state index contributed by atoms with van der Waals surface area (Å²) >= 11 is 0. The Morgan fingerprint density at radius 1 is 1.09 bits per heavy atom. The first-order valence-corrected chi connectivity index (χ1v) is 13.2. The van der Waals surface area contributed by atoms with Crippen molar-refractivity contribution in [3.63, 3.8) is 0 Å². The number of amides is 2. The summed E-state index contributed by atoms with van der Waals surface area (Å²) in [5.41, 5.74) is 0.589. The number of hydrogen-bond acceptors (Lipinski definition) is 3. The van der Waals surface area contributed by atoms with E-state index in [1.54, 1.807) is 6.07 Å². The average molecular weight is 471 g/mol. The third kappa shape index (κ3) is 5.36. The fourth-order valence-corrected chi connectivity index (χ4v) is 5.98. The Labute approximate surface area is 202 Å². The molecular formula is C28H39FN2O3. The van der Waals surface area contributed by atoms with Crippen LogP contribution in [0.2, 0.25) is 0 Å². The number of piperidine rings is 1. The number of likely N-dealkylation sites (tertiary alicyclic amines) is 1. The molecule has 0 aromatic heterocycles. The molecule has 1 N–H and O–H groups in total. The topological polar surface area (TPSA) is 66.5 Å². The number of rotatable bonds is 7. The lowest BCUT2D eigenvalue weighted by atomic mass is 9.78. The van der Waals surface area contributed by atoms with Crippen LogP contribution in [0.4, 0.5) is 4.39 Å². The molecule has 1 aromatic rings. The largest absolute Gasteiger partial charge is 0.342 e. The van der Waals surface area contributed by atoms with Gasteiger partial charge in [-0.15, -0.1) is 0 Å². The second-order valence-corrected chi connectivity index (χ2v) is 11.2. The van der Waals surface area contributed by atoms with Crippen LogP contribution in [0.15, 0.2) is 18.2 Å². The predicted molar refractivity (Wildman–Crippen MR) is 130 cm³/mol. The van der Waals surface area contributed by atoms with Crippen molar-refractivity contribution in [2.24, 2.45) is 11.8 Å². The van der Waals surface area contributed by atoms with Gasteiger partial charge in [0, 0.05) is 24.4 Å². The number of nitrogens with zero attached hydrogens (tertiary/aromatic N) is 1. The molecular weight excluding hydrogens is 431 g/mol. The third-order valence-electron chi connectivity index (χ3n) is 8.18. The van der Waals surface area contributed by atoms with Crippen LogP contribution < -0.4 is 5.32 Å². The van der Waals surface area contributed by atoms with Crippen molar-refractivity contribution in [1.29, 1.82) is 0 Å². The fourth-order valence-electron chi connectivity index (χ4n) is 5.98. The lowest BCUT2D eigenvalue weighted by molar-refractivity contribution is -0.140. The number of Topliss-reactive ketones (excluding diaryl/α,β-unsaturated/α-hetero) is 1. The van der Waals surface area contributed by atoms with Gasteiger partial charge in [0.15, 0.2) is 5.78 Å². The molecule has 2 saturated carbocycles. The molecule has 2 amide bonds. The minimum absolute atomic E-state index is 0.00549. The highest BCUT2D eigenvalue weighted by molar-refractivity contribution is 5.98. The molecule has 0 radical (unpaired) electrons. The first kappa shape index (κ1) is 24.9. The molecule has 1 heterocycles. The normalized spacial score (nSPS) is 23.9. The van der Waals surface area contributed by atoms with Crippen molar-refractivity contribution in [2.45, 2.75) is 102 Å². The van der Waals surface area contributed by atoms with Crippen LogP contribution >= 0.6 is 0 Å². The Morgan fingerprint density at radius 2 is 1.79 bits per heavy atom. The number of ketones is 1. The Kier molecular flexibility index (Phi) is 7.44. The smallest absolute Gasteiger partial charge is 0.254 e. The van der Waals surface area contributed by atoms with Gasteiger partial charge in [0.2, 0.25) is 5.91 Å². The summed E-state index contributed by atoms with van der Waals surface area (Å²) in [4.78, 5) is 40.2. The van der Waals surface area contributed by atoms with E-state index in [0.29, 0.717) is 13.0 Å². The van der Waals surface area contributed by atoms with Gasteiger partial charge < -0.3 is 10.2 Å². The van der Waals surface area contributed by atoms with E-state index in [2.05, 4.69) is 19.2 Å². The number of carbonyl (C=O) groups is 3. The van der Waals surface area contributed by atoms with E-state index in [4.69, 9.17) is 0 Å². The molecule has 1 saturated heterocycles. The summed E-state index contributed by atoms with van der Waals surface area (Å²) in [5, 5.41) is 2.87. The highest BCUT2D eigenvalue weighted by Gasteiger charge is 2.43. The maximum atomic E-state index is 15.1. The molecule has 3 fully saturated rings. The molecule has 2 aliphatic carbocycles. The third-order valence-corrected chi connectivity index (χ3v) is 8.18. The SMILES string of the molecule is CCC(=O)C(NC(=O)c1ccc(C2CCN(C(=O)C3CC3)C(C)(C)C2)cc1F)C1CCCCC1. The Hall–Kier alpha value is -2.24. The number of carbonyl (C=O) groups excluding carboxylic acids is 3. The monoisotopic (exact) mass is 470 g/mol. The number of halogens is 1. The van der Waals surface area contributed by atoms with E-state index in [-0.39, 0.29) is 40.5 Å². The van der Waals surface area contributed by atoms with Gasteiger partial charge in [-0.05, 0) is 81.9 Å². The van der Waals surface area contributed by atoms with Crippen LogP contribution in [0.5, 0.6) is 0 Å². The standard InChI is InChI=1S/C28H39FN2O3/c1-4-24(32)25(18-8-6-5-7-9-18)30-26(33)22-13-12-20(16-23(22)29)21-14-15-31(28(2,3)17-21)27(34)19-10-11-19/h12-13,16,18-19,21,25H,4-11,14-15,17H2,1-3H3,(H,30,33). The van der Waals surface area contributed by atoms with Crippen LogP contribution in [0.3, 0.4) is 0 Å². The fraction of sp³-hybridized carbons (Fsp3) is 0.679. The highest BCUT2D eigenvalue weighted by atomic mass is 19.1. The van der Waals surface area contributed by atoms with E-state index in [1.165, 1.54) is 6.07 Å². The van der Waals surface area contributed by atoms with Gasteiger partial charge in [0.05, 0.1) is 11.6 Å². The zero-order valence-corrected chi connectivity index (χ0v) is 20.9. The quantitative estimate of drug-likeness (QED) is 0.582. The van der Waals surface area contributed by atoms with E-state index >= 15 is 4.39 Å². The molecule has 0 bridgehead atoms. The maximum absolute atomic E-state index is 15.1. The maximum Gasteiger partial charge on any atom is 0.254 e. The van der Waals surface area contributed by atoms with E-state index in [0.717, 1.165) is 63.4 Å². The van der Waals surface area contributed by atoms with Gasteiger partial charge in [0.25, 0.3) is 5.91 Å². The molecule has 34 heavy (non-hydrogen) atoms. The van der Waals surface area contributed by atoms with Crippen molar-refractivity contribution >= 4 is 17.6 Å². The summed E-state index contributed by atoms with van der Waals surface area (Å²) in [6.45, 7) is 6.67. The summed E-state index contributed by atoms with van der Waals surface area (Å²) in [7, 11) is 0.